The van der Waals surface area contributed by atoms with Gasteiger partial charge in [0.05, 0.1) is 11.2 Å². The quantitative estimate of drug-likeness (QED) is 0.836. The molecule has 0 spiro atoms. The molecule has 2 aromatic rings. The van der Waals surface area contributed by atoms with Crippen LogP contribution in [0.4, 0.5) is 11.4 Å². The predicted octanol–water partition coefficient (Wildman–Crippen LogP) is 3.20. The molecule has 0 radical (unpaired) electrons. The summed E-state index contributed by atoms with van der Waals surface area (Å²) in [7, 11) is 0. The molecule has 1 heterocycles. The number of pyridine rings is 1. The number of anilines is 2. The number of benzene rings is 1. The Morgan fingerprint density at radius 3 is 2.89 bits per heavy atom. The molecule has 1 aliphatic rings. The van der Waals surface area contributed by atoms with Crippen LogP contribution in [0.5, 0.6) is 0 Å². The van der Waals surface area contributed by atoms with E-state index < -0.39 is 0 Å². The second kappa shape index (κ2) is 4.48. The van der Waals surface area contributed by atoms with E-state index >= 15 is 0 Å². The van der Waals surface area contributed by atoms with E-state index in [0.717, 1.165) is 23.8 Å². The lowest BCUT2D eigenvalue weighted by Crippen LogP contribution is -2.26. The first-order valence-electron chi connectivity index (χ1n) is 6.71. The Kier molecular flexibility index (Phi) is 2.82. The summed E-state index contributed by atoms with van der Waals surface area (Å²) < 4.78 is 0. The van der Waals surface area contributed by atoms with E-state index in [0.29, 0.717) is 0 Å². The minimum atomic E-state index is 0.719. The van der Waals surface area contributed by atoms with Crippen LogP contribution in [-0.4, -0.2) is 17.6 Å². The minimum absolute atomic E-state index is 0.719. The maximum atomic E-state index is 6.01. The molecule has 0 amide bonds. The molecule has 0 atom stereocenters. The van der Waals surface area contributed by atoms with Crippen molar-refractivity contribution in [3.8, 4) is 0 Å². The third-order valence-electron chi connectivity index (χ3n) is 3.54. The third kappa shape index (κ3) is 1.90. The summed E-state index contributed by atoms with van der Waals surface area (Å²) >= 11 is 0. The summed E-state index contributed by atoms with van der Waals surface area (Å²) in [5, 5.41) is 1.18. The van der Waals surface area contributed by atoms with Crippen molar-refractivity contribution >= 4 is 22.3 Å². The smallest absolute Gasteiger partial charge is 0.0951 e. The molecule has 3 rings (SSSR count). The highest BCUT2D eigenvalue weighted by atomic mass is 15.2. The van der Waals surface area contributed by atoms with Crippen LogP contribution in [0, 0.1) is 0 Å². The molecule has 1 aromatic heterocycles. The molecule has 1 aromatic carbocycles. The number of para-hydroxylation sites is 1. The molecule has 3 heteroatoms. The fourth-order valence-corrected chi connectivity index (χ4v) is 2.56. The number of fused-ring (bicyclic) bond motifs is 1. The fourth-order valence-electron chi connectivity index (χ4n) is 2.56. The fraction of sp³-hybridized carbons (Fsp3) is 0.400. The van der Waals surface area contributed by atoms with Crippen LogP contribution in [0.2, 0.25) is 0 Å². The van der Waals surface area contributed by atoms with Crippen LogP contribution in [0.15, 0.2) is 30.5 Å². The Balaban J connectivity index is 2.12. The van der Waals surface area contributed by atoms with Gasteiger partial charge in [-0.25, -0.2) is 0 Å². The Bertz CT molecular complexity index is 561. The number of hydrogen-bond donors (Lipinski definition) is 1. The van der Waals surface area contributed by atoms with Crippen molar-refractivity contribution < 1.29 is 0 Å². The number of nitrogens with zero attached hydrogens (tertiary/aromatic N) is 2. The molecule has 0 unspecified atom stereocenters. The first-order valence-corrected chi connectivity index (χ1v) is 6.71. The van der Waals surface area contributed by atoms with Crippen LogP contribution in [0.25, 0.3) is 10.9 Å². The zero-order valence-electron chi connectivity index (χ0n) is 10.8. The van der Waals surface area contributed by atoms with Gasteiger partial charge in [0.1, 0.15) is 0 Å². The molecule has 0 bridgehead atoms. The standard InChI is InChI=1S/C15H19N3/c1-2-10-18(11-6-7-11)14-8-9-17-15-12(14)4-3-5-13(15)16/h3-5,8-9,11H,2,6-7,10,16H2,1H3. The van der Waals surface area contributed by atoms with Crippen molar-refractivity contribution in [2.75, 3.05) is 17.2 Å². The zero-order chi connectivity index (χ0) is 12.5. The van der Waals surface area contributed by atoms with Gasteiger partial charge >= 0.3 is 0 Å². The van der Waals surface area contributed by atoms with Gasteiger partial charge in [0.25, 0.3) is 0 Å². The lowest BCUT2D eigenvalue weighted by atomic mass is 10.1. The van der Waals surface area contributed by atoms with Gasteiger partial charge in [0.2, 0.25) is 0 Å². The van der Waals surface area contributed by atoms with Crippen LogP contribution in [0.1, 0.15) is 26.2 Å². The van der Waals surface area contributed by atoms with Gasteiger partial charge in [0.15, 0.2) is 0 Å². The topological polar surface area (TPSA) is 42.2 Å². The molecule has 18 heavy (non-hydrogen) atoms. The van der Waals surface area contributed by atoms with E-state index in [9.17, 15) is 0 Å². The van der Waals surface area contributed by atoms with E-state index in [1.807, 2.05) is 18.3 Å². The SMILES string of the molecule is CCCN(c1ccnc2c(N)cccc12)C1CC1. The molecule has 0 aliphatic heterocycles. The van der Waals surface area contributed by atoms with E-state index in [1.165, 1.54) is 30.3 Å². The maximum absolute atomic E-state index is 6.01. The summed E-state index contributed by atoms with van der Waals surface area (Å²) in [4.78, 5) is 6.93. The average Bonchev–Trinajstić information content (AvgIpc) is 3.20. The zero-order valence-corrected chi connectivity index (χ0v) is 10.8. The maximum Gasteiger partial charge on any atom is 0.0951 e. The van der Waals surface area contributed by atoms with Crippen LogP contribution in [0.3, 0.4) is 0 Å². The molecule has 1 saturated carbocycles. The molecule has 3 nitrogen and oxygen atoms in total. The first kappa shape index (κ1) is 11.3. The highest BCUT2D eigenvalue weighted by Crippen LogP contribution is 2.36. The number of rotatable bonds is 4. The summed E-state index contributed by atoms with van der Waals surface area (Å²) in [6.07, 6.45) is 5.67. The van der Waals surface area contributed by atoms with Gasteiger partial charge in [0, 0.05) is 29.9 Å². The largest absolute Gasteiger partial charge is 0.397 e. The Morgan fingerprint density at radius 1 is 1.33 bits per heavy atom. The number of nitrogens with two attached hydrogens (primary N) is 1. The van der Waals surface area contributed by atoms with E-state index in [2.05, 4.69) is 28.9 Å². The number of nitrogen functional groups attached to an aromatic ring is 1. The van der Waals surface area contributed by atoms with Crippen molar-refractivity contribution in [3.05, 3.63) is 30.5 Å². The van der Waals surface area contributed by atoms with Gasteiger partial charge < -0.3 is 10.6 Å². The second-order valence-corrected chi connectivity index (χ2v) is 5.00. The van der Waals surface area contributed by atoms with Gasteiger partial charge in [-0.3, -0.25) is 4.98 Å². The number of aromatic nitrogens is 1. The summed E-state index contributed by atoms with van der Waals surface area (Å²) in [5.74, 6) is 0. The van der Waals surface area contributed by atoms with Gasteiger partial charge in [-0.2, -0.15) is 0 Å². The van der Waals surface area contributed by atoms with Crippen molar-refractivity contribution in [1.82, 2.24) is 4.98 Å². The normalized spacial score (nSPS) is 14.9. The summed E-state index contributed by atoms with van der Waals surface area (Å²) in [5.41, 5.74) is 8.99. The van der Waals surface area contributed by atoms with Crippen molar-refractivity contribution in [1.29, 1.82) is 0 Å². The molecular formula is C15H19N3. The Morgan fingerprint density at radius 2 is 2.17 bits per heavy atom. The molecule has 2 N–H and O–H groups in total. The highest BCUT2D eigenvalue weighted by Gasteiger charge is 2.29. The molecule has 1 aliphatic carbocycles. The Hall–Kier alpha value is -1.77. The lowest BCUT2D eigenvalue weighted by Gasteiger charge is -2.25. The lowest BCUT2D eigenvalue weighted by molar-refractivity contribution is 0.765. The highest BCUT2D eigenvalue weighted by molar-refractivity contribution is 5.98. The van der Waals surface area contributed by atoms with Gasteiger partial charge in [-0.15, -0.1) is 0 Å². The Labute approximate surface area is 108 Å². The predicted molar refractivity (Wildman–Crippen MR) is 76.8 cm³/mol. The summed E-state index contributed by atoms with van der Waals surface area (Å²) in [6.45, 7) is 3.34. The van der Waals surface area contributed by atoms with Crippen molar-refractivity contribution in [2.45, 2.75) is 32.2 Å². The van der Waals surface area contributed by atoms with E-state index in [-0.39, 0.29) is 0 Å². The van der Waals surface area contributed by atoms with E-state index in [4.69, 9.17) is 5.73 Å². The summed E-state index contributed by atoms with van der Waals surface area (Å²) in [6, 6.07) is 8.90. The van der Waals surface area contributed by atoms with Crippen LogP contribution in [-0.2, 0) is 0 Å². The molecule has 0 saturated heterocycles. The van der Waals surface area contributed by atoms with E-state index in [1.54, 1.807) is 0 Å². The second-order valence-electron chi connectivity index (χ2n) is 5.00. The number of hydrogen-bond acceptors (Lipinski definition) is 3. The minimum Gasteiger partial charge on any atom is -0.397 e. The molecule has 94 valence electrons. The van der Waals surface area contributed by atoms with Crippen molar-refractivity contribution in [3.63, 3.8) is 0 Å². The van der Waals surface area contributed by atoms with Crippen LogP contribution >= 0.6 is 0 Å². The third-order valence-corrected chi connectivity index (χ3v) is 3.54. The van der Waals surface area contributed by atoms with Crippen LogP contribution < -0.4 is 10.6 Å². The van der Waals surface area contributed by atoms with Gasteiger partial charge in [-0.1, -0.05) is 19.1 Å². The average molecular weight is 241 g/mol. The van der Waals surface area contributed by atoms with Crippen molar-refractivity contribution in [2.24, 2.45) is 0 Å². The van der Waals surface area contributed by atoms with Gasteiger partial charge in [-0.05, 0) is 31.4 Å². The first-order chi connectivity index (χ1) is 8.81. The monoisotopic (exact) mass is 241 g/mol. The molecule has 1 fully saturated rings. The molecular weight excluding hydrogens is 222 g/mol.